The van der Waals surface area contributed by atoms with Crippen LogP contribution in [0.2, 0.25) is 0 Å². The summed E-state index contributed by atoms with van der Waals surface area (Å²) in [6.07, 6.45) is 4.37. The van der Waals surface area contributed by atoms with E-state index in [0.717, 1.165) is 11.7 Å². The van der Waals surface area contributed by atoms with Crippen molar-refractivity contribution in [2.75, 3.05) is 11.5 Å². The minimum absolute atomic E-state index is 0.224. The van der Waals surface area contributed by atoms with Crippen molar-refractivity contribution in [1.29, 1.82) is 0 Å². The van der Waals surface area contributed by atoms with Crippen LogP contribution in [0.4, 0.5) is 0 Å². The molecule has 0 aliphatic carbocycles. The predicted octanol–water partition coefficient (Wildman–Crippen LogP) is 2.53. The van der Waals surface area contributed by atoms with Gasteiger partial charge in [0.2, 0.25) is 5.89 Å². The number of thioether (sulfide) groups is 1. The van der Waals surface area contributed by atoms with Gasteiger partial charge in [0.1, 0.15) is 5.76 Å². The number of nitrogens with one attached hydrogen (secondary N) is 1. The molecule has 0 radical (unpaired) electrons. The lowest BCUT2D eigenvalue weighted by molar-refractivity contribution is 0.368. The summed E-state index contributed by atoms with van der Waals surface area (Å²) < 4.78 is 5.51. The summed E-state index contributed by atoms with van der Waals surface area (Å²) in [4.78, 5) is 4.25. The molecule has 2 atom stereocenters. The summed E-state index contributed by atoms with van der Waals surface area (Å²) in [5.74, 6) is 4.22. The van der Waals surface area contributed by atoms with Gasteiger partial charge in [0.25, 0.3) is 0 Å². The van der Waals surface area contributed by atoms with Crippen LogP contribution in [0.15, 0.2) is 10.6 Å². The van der Waals surface area contributed by atoms with Gasteiger partial charge in [0.15, 0.2) is 0 Å². The average molecular weight is 226 g/mol. The van der Waals surface area contributed by atoms with Gasteiger partial charge in [0, 0.05) is 11.8 Å². The summed E-state index contributed by atoms with van der Waals surface area (Å²) in [5, 5.41) is 3.57. The lowest BCUT2D eigenvalue weighted by Crippen LogP contribution is -2.35. The third-order valence-corrected chi connectivity index (χ3v) is 3.87. The monoisotopic (exact) mass is 226 g/mol. The van der Waals surface area contributed by atoms with Gasteiger partial charge in [-0.1, -0.05) is 0 Å². The third kappa shape index (κ3) is 2.98. The van der Waals surface area contributed by atoms with E-state index >= 15 is 0 Å². The van der Waals surface area contributed by atoms with E-state index in [0.29, 0.717) is 6.04 Å². The van der Waals surface area contributed by atoms with Crippen molar-refractivity contribution < 1.29 is 4.42 Å². The molecule has 0 aromatic carbocycles. The Morgan fingerprint density at radius 2 is 2.53 bits per heavy atom. The number of nitrogens with zero attached hydrogens (tertiary/aromatic N) is 1. The second-order valence-corrected chi connectivity index (χ2v) is 5.26. The molecule has 0 spiro atoms. The van der Waals surface area contributed by atoms with Gasteiger partial charge >= 0.3 is 0 Å². The van der Waals surface area contributed by atoms with E-state index < -0.39 is 0 Å². The van der Waals surface area contributed by atoms with Crippen molar-refractivity contribution in [2.24, 2.45) is 0 Å². The molecule has 1 aromatic heterocycles. The van der Waals surface area contributed by atoms with Crippen LogP contribution in [-0.2, 0) is 0 Å². The maximum Gasteiger partial charge on any atom is 0.211 e. The van der Waals surface area contributed by atoms with Crippen LogP contribution >= 0.6 is 11.8 Å². The molecule has 0 amide bonds. The maximum atomic E-state index is 5.51. The van der Waals surface area contributed by atoms with Crippen molar-refractivity contribution in [3.05, 3.63) is 17.8 Å². The Balaban J connectivity index is 1.88. The van der Waals surface area contributed by atoms with Crippen molar-refractivity contribution in [2.45, 2.75) is 38.8 Å². The minimum atomic E-state index is 0.224. The third-order valence-electron chi connectivity index (χ3n) is 2.66. The Hall–Kier alpha value is -0.480. The second-order valence-electron chi connectivity index (χ2n) is 4.11. The predicted molar refractivity (Wildman–Crippen MR) is 63.1 cm³/mol. The fourth-order valence-electron chi connectivity index (χ4n) is 1.87. The molecule has 84 valence electrons. The first-order valence-electron chi connectivity index (χ1n) is 5.52. The first kappa shape index (κ1) is 11.0. The van der Waals surface area contributed by atoms with Gasteiger partial charge in [-0.2, -0.15) is 11.8 Å². The highest BCUT2D eigenvalue weighted by Crippen LogP contribution is 2.20. The minimum Gasteiger partial charge on any atom is -0.444 e. The van der Waals surface area contributed by atoms with Crippen molar-refractivity contribution in [1.82, 2.24) is 10.3 Å². The molecule has 2 unspecified atom stereocenters. The Morgan fingerprint density at radius 3 is 3.13 bits per heavy atom. The Morgan fingerprint density at radius 1 is 1.67 bits per heavy atom. The number of hydrogen-bond donors (Lipinski definition) is 1. The average Bonchev–Trinajstić information content (AvgIpc) is 2.66. The molecule has 2 heterocycles. The SMILES string of the molecule is Cc1cnc(C(C)NC2CCCSC2)o1. The van der Waals surface area contributed by atoms with Crippen molar-refractivity contribution in [3.8, 4) is 0 Å². The highest BCUT2D eigenvalue weighted by atomic mass is 32.2. The molecule has 15 heavy (non-hydrogen) atoms. The van der Waals surface area contributed by atoms with Gasteiger partial charge in [0.05, 0.1) is 12.2 Å². The van der Waals surface area contributed by atoms with E-state index in [-0.39, 0.29) is 6.04 Å². The molecule has 0 bridgehead atoms. The second kappa shape index (κ2) is 5.03. The lowest BCUT2D eigenvalue weighted by atomic mass is 10.1. The molecule has 2 rings (SSSR count). The zero-order valence-corrected chi connectivity index (χ0v) is 10.1. The van der Waals surface area contributed by atoms with Gasteiger partial charge in [-0.3, -0.25) is 0 Å². The summed E-state index contributed by atoms with van der Waals surface area (Å²) in [5.41, 5.74) is 0. The Labute approximate surface area is 95.0 Å². The van der Waals surface area contributed by atoms with Crippen LogP contribution in [0.5, 0.6) is 0 Å². The van der Waals surface area contributed by atoms with Gasteiger partial charge in [-0.15, -0.1) is 0 Å². The smallest absolute Gasteiger partial charge is 0.211 e. The number of aromatic nitrogens is 1. The first-order chi connectivity index (χ1) is 7.25. The number of aryl methyl sites for hydroxylation is 1. The highest BCUT2D eigenvalue weighted by molar-refractivity contribution is 7.99. The number of hydrogen-bond acceptors (Lipinski definition) is 4. The molecule has 1 aromatic rings. The summed E-state index contributed by atoms with van der Waals surface area (Å²) in [6.45, 7) is 4.05. The van der Waals surface area contributed by atoms with Crippen LogP contribution in [0, 0.1) is 6.92 Å². The maximum absolute atomic E-state index is 5.51. The molecule has 4 heteroatoms. The lowest BCUT2D eigenvalue weighted by Gasteiger charge is -2.24. The summed E-state index contributed by atoms with van der Waals surface area (Å²) in [7, 11) is 0. The molecule has 1 fully saturated rings. The van der Waals surface area contributed by atoms with Gasteiger partial charge in [-0.25, -0.2) is 4.98 Å². The molecular weight excluding hydrogens is 208 g/mol. The van der Waals surface area contributed by atoms with Crippen LogP contribution < -0.4 is 5.32 Å². The summed E-state index contributed by atoms with van der Waals surface area (Å²) >= 11 is 2.03. The van der Waals surface area contributed by atoms with Crippen LogP contribution in [0.3, 0.4) is 0 Å². The van der Waals surface area contributed by atoms with Crippen LogP contribution in [0.25, 0.3) is 0 Å². The number of oxazole rings is 1. The molecule has 1 N–H and O–H groups in total. The van der Waals surface area contributed by atoms with E-state index in [1.54, 1.807) is 6.20 Å². The van der Waals surface area contributed by atoms with E-state index in [1.165, 1.54) is 24.3 Å². The molecule has 0 saturated carbocycles. The normalized spacial score (nSPS) is 24.0. The molecule has 1 aliphatic rings. The fraction of sp³-hybridized carbons (Fsp3) is 0.727. The quantitative estimate of drug-likeness (QED) is 0.859. The summed E-state index contributed by atoms with van der Waals surface area (Å²) in [6, 6.07) is 0.841. The fourth-order valence-corrected chi connectivity index (χ4v) is 2.95. The Kier molecular flexibility index (Phi) is 3.70. The van der Waals surface area contributed by atoms with Crippen LogP contribution in [0.1, 0.15) is 37.5 Å². The van der Waals surface area contributed by atoms with E-state index in [4.69, 9.17) is 4.42 Å². The van der Waals surface area contributed by atoms with Crippen LogP contribution in [-0.4, -0.2) is 22.5 Å². The van der Waals surface area contributed by atoms with Crippen molar-refractivity contribution >= 4 is 11.8 Å². The zero-order chi connectivity index (χ0) is 10.7. The standard InChI is InChI=1S/C11H18N2OS/c1-8-6-12-11(14-8)9(2)13-10-4-3-5-15-7-10/h6,9-10,13H,3-5,7H2,1-2H3. The van der Waals surface area contributed by atoms with Gasteiger partial charge < -0.3 is 9.73 Å². The van der Waals surface area contributed by atoms with E-state index in [2.05, 4.69) is 17.2 Å². The first-order valence-corrected chi connectivity index (χ1v) is 6.67. The molecule has 1 saturated heterocycles. The number of rotatable bonds is 3. The largest absolute Gasteiger partial charge is 0.444 e. The van der Waals surface area contributed by atoms with Gasteiger partial charge in [-0.05, 0) is 32.4 Å². The molecule has 1 aliphatic heterocycles. The molecule has 3 nitrogen and oxygen atoms in total. The molecular formula is C11H18N2OS. The van der Waals surface area contributed by atoms with E-state index in [9.17, 15) is 0 Å². The highest BCUT2D eigenvalue weighted by Gasteiger charge is 2.18. The topological polar surface area (TPSA) is 38.1 Å². The zero-order valence-electron chi connectivity index (χ0n) is 9.32. The van der Waals surface area contributed by atoms with E-state index in [1.807, 2.05) is 18.7 Å². The van der Waals surface area contributed by atoms with Crippen molar-refractivity contribution in [3.63, 3.8) is 0 Å². The Bertz CT molecular complexity index is 307.